The highest BCUT2D eigenvalue weighted by molar-refractivity contribution is 5.68. The summed E-state index contributed by atoms with van der Waals surface area (Å²) in [6.07, 6.45) is -1.38. The van der Waals surface area contributed by atoms with Crippen LogP contribution in [-0.4, -0.2) is 55.9 Å². The Morgan fingerprint density at radius 1 is 1.27 bits per heavy atom. The average Bonchev–Trinajstić information content (AvgIpc) is 3.09. The SMILES string of the molecule is COc1cc(NCC(F)(F)F)c([N+](=O)[O-])cc1OCCCN1CCCC1. The fourth-order valence-corrected chi connectivity index (χ4v) is 2.79. The van der Waals surface area contributed by atoms with Crippen LogP contribution in [0.4, 0.5) is 24.5 Å². The van der Waals surface area contributed by atoms with E-state index < -0.39 is 23.3 Å². The third kappa shape index (κ3) is 5.94. The molecule has 0 atom stereocenters. The number of nitro groups is 1. The molecule has 0 saturated carbocycles. The zero-order chi connectivity index (χ0) is 19.2. The van der Waals surface area contributed by atoms with Gasteiger partial charge in [0.25, 0.3) is 5.69 Å². The number of hydrogen-bond acceptors (Lipinski definition) is 6. The molecule has 0 amide bonds. The first kappa shape index (κ1) is 20.1. The molecule has 0 spiro atoms. The molecule has 146 valence electrons. The quantitative estimate of drug-likeness (QED) is 0.404. The molecule has 1 heterocycles. The first-order valence-electron chi connectivity index (χ1n) is 8.32. The normalized spacial score (nSPS) is 15.1. The zero-order valence-electron chi connectivity index (χ0n) is 14.5. The Labute approximate surface area is 149 Å². The third-order valence-electron chi connectivity index (χ3n) is 4.03. The first-order valence-corrected chi connectivity index (χ1v) is 8.32. The molecule has 1 aromatic rings. The summed E-state index contributed by atoms with van der Waals surface area (Å²) >= 11 is 0. The average molecular weight is 377 g/mol. The summed E-state index contributed by atoms with van der Waals surface area (Å²) in [5, 5.41) is 13.2. The Hall–Kier alpha value is -2.23. The number of nitro benzene ring substituents is 1. The van der Waals surface area contributed by atoms with E-state index in [1.807, 2.05) is 5.32 Å². The number of hydrogen-bond donors (Lipinski definition) is 1. The van der Waals surface area contributed by atoms with Crippen molar-refractivity contribution >= 4 is 11.4 Å². The van der Waals surface area contributed by atoms with E-state index in [1.54, 1.807) is 0 Å². The van der Waals surface area contributed by atoms with Crippen LogP contribution >= 0.6 is 0 Å². The summed E-state index contributed by atoms with van der Waals surface area (Å²) in [6, 6.07) is 2.24. The lowest BCUT2D eigenvalue weighted by Gasteiger charge is -2.16. The number of nitrogens with zero attached hydrogens (tertiary/aromatic N) is 2. The van der Waals surface area contributed by atoms with Crippen molar-refractivity contribution < 1.29 is 27.6 Å². The molecule has 1 aliphatic rings. The van der Waals surface area contributed by atoms with E-state index in [2.05, 4.69) is 4.90 Å². The van der Waals surface area contributed by atoms with Gasteiger partial charge in [-0.1, -0.05) is 0 Å². The molecule has 0 aliphatic carbocycles. The van der Waals surface area contributed by atoms with Gasteiger partial charge < -0.3 is 19.7 Å². The summed E-state index contributed by atoms with van der Waals surface area (Å²) in [4.78, 5) is 12.7. The minimum absolute atomic E-state index is 0.137. The molecule has 0 aromatic heterocycles. The van der Waals surface area contributed by atoms with Crippen LogP contribution < -0.4 is 14.8 Å². The third-order valence-corrected chi connectivity index (χ3v) is 4.03. The largest absolute Gasteiger partial charge is 0.493 e. The van der Waals surface area contributed by atoms with Gasteiger partial charge in [0.05, 0.1) is 24.7 Å². The lowest BCUT2D eigenvalue weighted by Crippen LogP contribution is -2.22. The molecule has 1 N–H and O–H groups in total. The van der Waals surface area contributed by atoms with Crippen molar-refractivity contribution in [3.63, 3.8) is 0 Å². The maximum atomic E-state index is 12.4. The van der Waals surface area contributed by atoms with Gasteiger partial charge in [-0.2, -0.15) is 13.2 Å². The van der Waals surface area contributed by atoms with Gasteiger partial charge in [-0.3, -0.25) is 10.1 Å². The maximum absolute atomic E-state index is 12.4. The lowest BCUT2D eigenvalue weighted by molar-refractivity contribution is -0.384. The van der Waals surface area contributed by atoms with Gasteiger partial charge in [-0.15, -0.1) is 0 Å². The van der Waals surface area contributed by atoms with Crippen molar-refractivity contribution in [1.82, 2.24) is 4.90 Å². The van der Waals surface area contributed by atoms with Crippen molar-refractivity contribution in [1.29, 1.82) is 0 Å². The predicted molar refractivity (Wildman–Crippen MR) is 90.0 cm³/mol. The van der Waals surface area contributed by atoms with Crippen LogP contribution in [0.1, 0.15) is 19.3 Å². The second-order valence-electron chi connectivity index (χ2n) is 6.00. The molecule has 1 fully saturated rings. The van der Waals surface area contributed by atoms with Crippen LogP contribution in [0, 0.1) is 10.1 Å². The van der Waals surface area contributed by atoms with E-state index >= 15 is 0 Å². The summed E-state index contributed by atoms with van der Waals surface area (Å²) < 4.78 is 47.8. The van der Waals surface area contributed by atoms with E-state index in [4.69, 9.17) is 9.47 Å². The maximum Gasteiger partial charge on any atom is 0.405 e. The van der Waals surface area contributed by atoms with Crippen LogP contribution in [0.15, 0.2) is 12.1 Å². The van der Waals surface area contributed by atoms with Crippen LogP contribution in [-0.2, 0) is 0 Å². The van der Waals surface area contributed by atoms with Crippen LogP contribution in [0.2, 0.25) is 0 Å². The number of alkyl halides is 3. The van der Waals surface area contributed by atoms with E-state index in [1.165, 1.54) is 20.0 Å². The van der Waals surface area contributed by atoms with Crippen LogP contribution in [0.3, 0.4) is 0 Å². The van der Waals surface area contributed by atoms with Crippen molar-refractivity contribution in [2.75, 3.05) is 45.2 Å². The molecular weight excluding hydrogens is 355 g/mol. The smallest absolute Gasteiger partial charge is 0.405 e. The molecular formula is C16H22F3N3O4. The lowest BCUT2D eigenvalue weighted by atomic mass is 10.2. The Balaban J connectivity index is 2.04. The minimum atomic E-state index is -4.49. The van der Waals surface area contributed by atoms with Crippen molar-refractivity contribution in [2.24, 2.45) is 0 Å². The van der Waals surface area contributed by atoms with Gasteiger partial charge in [0, 0.05) is 12.6 Å². The highest BCUT2D eigenvalue weighted by Crippen LogP contribution is 2.38. The van der Waals surface area contributed by atoms with Crippen molar-refractivity contribution in [3.8, 4) is 11.5 Å². The van der Waals surface area contributed by atoms with Crippen molar-refractivity contribution in [3.05, 3.63) is 22.2 Å². The second kappa shape index (κ2) is 8.93. The van der Waals surface area contributed by atoms with Crippen LogP contribution in [0.5, 0.6) is 11.5 Å². The number of nitrogens with one attached hydrogen (secondary N) is 1. The standard InChI is InChI=1S/C16H22F3N3O4/c1-25-14-9-12(20-11-16(17,18)19)13(22(23)24)10-15(14)26-8-4-7-21-5-2-3-6-21/h9-10,20H,2-8,11H2,1H3. The Bertz CT molecular complexity index is 619. The monoisotopic (exact) mass is 377 g/mol. The molecule has 7 nitrogen and oxygen atoms in total. The van der Waals surface area contributed by atoms with Gasteiger partial charge in [-0.25, -0.2) is 0 Å². The van der Waals surface area contributed by atoms with E-state index in [9.17, 15) is 23.3 Å². The summed E-state index contributed by atoms with van der Waals surface area (Å²) in [5.41, 5.74) is -0.766. The fourth-order valence-electron chi connectivity index (χ4n) is 2.79. The Morgan fingerprint density at radius 2 is 1.96 bits per heavy atom. The molecule has 0 radical (unpaired) electrons. The van der Waals surface area contributed by atoms with E-state index in [0.717, 1.165) is 38.2 Å². The number of ether oxygens (including phenoxy) is 2. The van der Waals surface area contributed by atoms with Gasteiger partial charge in [0.15, 0.2) is 11.5 Å². The number of rotatable bonds is 9. The van der Waals surface area contributed by atoms with Gasteiger partial charge in [0.2, 0.25) is 0 Å². The minimum Gasteiger partial charge on any atom is -0.493 e. The number of halogens is 3. The van der Waals surface area contributed by atoms with Gasteiger partial charge >= 0.3 is 6.18 Å². The van der Waals surface area contributed by atoms with E-state index in [0.29, 0.717) is 6.61 Å². The number of methoxy groups -OCH3 is 1. The first-order chi connectivity index (χ1) is 12.3. The van der Waals surface area contributed by atoms with Gasteiger partial charge in [-0.05, 0) is 32.4 Å². The molecule has 26 heavy (non-hydrogen) atoms. The summed E-state index contributed by atoms with van der Waals surface area (Å²) in [6.45, 7) is 1.95. The zero-order valence-corrected chi connectivity index (χ0v) is 14.5. The number of likely N-dealkylation sites (tertiary alicyclic amines) is 1. The molecule has 2 rings (SSSR count). The number of anilines is 1. The Morgan fingerprint density at radius 3 is 2.54 bits per heavy atom. The van der Waals surface area contributed by atoms with Crippen molar-refractivity contribution in [2.45, 2.75) is 25.4 Å². The van der Waals surface area contributed by atoms with Gasteiger partial charge in [0.1, 0.15) is 12.2 Å². The summed E-state index contributed by atoms with van der Waals surface area (Å²) in [5.74, 6) is 0.277. The highest BCUT2D eigenvalue weighted by Gasteiger charge is 2.29. The van der Waals surface area contributed by atoms with Crippen LogP contribution in [0.25, 0.3) is 0 Å². The molecule has 1 saturated heterocycles. The topological polar surface area (TPSA) is 76.9 Å². The molecule has 10 heteroatoms. The molecule has 1 aliphatic heterocycles. The number of benzene rings is 1. The Kier molecular flexibility index (Phi) is 6.90. The summed E-state index contributed by atoms with van der Waals surface area (Å²) in [7, 11) is 1.33. The predicted octanol–water partition coefficient (Wildman–Crippen LogP) is 3.44. The second-order valence-corrected chi connectivity index (χ2v) is 6.00. The highest BCUT2D eigenvalue weighted by atomic mass is 19.4. The fraction of sp³-hybridized carbons (Fsp3) is 0.625. The molecule has 1 aromatic carbocycles. The van der Waals surface area contributed by atoms with E-state index in [-0.39, 0.29) is 17.2 Å². The molecule has 0 unspecified atom stereocenters. The molecule has 0 bridgehead atoms.